The molecule has 1 rings (SSSR count). The average molecular weight is 242 g/mol. The number of barbiturate groups is 1. The van der Waals surface area contributed by atoms with Crippen LogP contribution in [0.3, 0.4) is 0 Å². The Balaban J connectivity index is 2.95. The van der Waals surface area contributed by atoms with E-state index in [-0.39, 0.29) is 19.4 Å². The van der Waals surface area contributed by atoms with Crippen molar-refractivity contribution >= 4 is 23.8 Å². The summed E-state index contributed by atoms with van der Waals surface area (Å²) in [6.45, 7) is 3.09. The molecule has 1 heterocycles. The van der Waals surface area contributed by atoms with E-state index < -0.39 is 29.2 Å². The molecule has 94 valence electrons. The largest absolute Gasteiger partial charge is 0.481 e. The molecule has 2 N–H and O–H groups in total. The Bertz CT molecular complexity index is 392. The predicted octanol–water partition coefficient (Wildman–Crippen LogP) is -0.0442. The standard InChI is InChI=1S/C10H14N2O5/c1-3-12-8(16)10(2,5-4-6(13)14)7(15)11-9(12)17/h3-5H2,1-2H3,(H,13,14)(H,11,15,17). The summed E-state index contributed by atoms with van der Waals surface area (Å²) in [6.07, 6.45) is -0.432. The molecule has 0 radical (unpaired) electrons. The van der Waals surface area contributed by atoms with Crippen LogP contribution in [0, 0.1) is 5.41 Å². The van der Waals surface area contributed by atoms with Gasteiger partial charge in [0.25, 0.3) is 0 Å². The van der Waals surface area contributed by atoms with E-state index in [1.165, 1.54) is 6.92 Å². The fraction of sp³-hybridized carbons (Fsp3) is 0.600. The number of carbonyl (C=O) groups excluding carboxylic acids is 3. The van der Waals surface area contributed by atoms with Crippen molar-refractivity contribution in [1.29, 1.82) is 0 Å². The van der Waals surface area contributed by atoms with E-state index in [1.807, 2.05) is 0 Å². The summed E-state index contributed by atoms with van der Waals surface area (Å²) in [5.41, 5.74) is -1.48. The normalized spacial score (nSPS) is 24.8. The lowest BCUT2D eigenvalue weighted by molar-refractivity contribution is -0.151. The second-order valence-electron chi connectivity index (χ2n) is 4.03. The van der Waals surface area contributed by atoms with Gasteiger partial charge in [0.1, 0.15) is 5.41 Å². The van der Waals surface area contributed by atoms with Gasteiger partial charge in [0.05, 0.1) is 0 Å². The molecule has 1 atom stereocenters. The van der Waals surface area contributed by atoms with Crippen molar-refractivity contribution in [1.82, 2.24) is 10.2 Å². The Morgan fingerprint density at radius 3 is 2.47 bits per heavy atom. The van der Waals surface area contributed by atoms with E-state index in [0.29, 0.717) is 0 Å². The van der Waals surface area contributed by atoms with Crippen LogP contribution in [0.5, 0.6) is 0 Å². The average Bonchev–Trinajstić information content (AvgIpc) is 2.24. The number of imide groups is 2. The number of carboxylic acids is 1. The van der Waals surface area contributed by atoms with E-state index in [9.17, 15) is 19.2 Å². The predicted molar refractivity (Wildman–Crippen MR) is 55.9 cm³/mol. The number of aliphatic carboxylic acids is 1. The fourth-order valence-corrected chi connectivity index (χ4v) is 1.65. The molecule has 1 aliphatic heterocycles. The van der Waals surface area contributed by atoms with Gasteiger partial charge in [-0.2, -0.15) is 0 Å². The van der Waals surface area contributed by atoms with Gasteiger partial charge in [-0.15, -0.1) is 0 Å². The molecule has 0 aliphatic carbocycles. The molecule has 1 unspecified atom stereocenters. The van der Waals surface area contributed by atoms with Crippen LogP contribution in [-0.2, 0) is 14.4 Å². The Morgan fingerprint density at radius 2 is 2.00 bits per heavy atom. The number of amides is 4. The van der Waals surface area contributed by atoms with E-state index in [2.05, 4.69) is 5.32 Å². The first kappa shape index (κ1) is 13.1. The molecule has 1 aliphatic rings. The number of hydrogen-bond acceptors (Lipinski definition) is 4. The van der Waals surface area contributed by atoms with Gasteiger partial charge in [-0.3, -0.25) is 24.6 Å². The molecule has 1 fully saturated rings. The molecule has 0 aromatic carbocycles. The summed E-state index contributed by atoms with van der Waals surface area (Å²) in [6, 6.07) is -0.754. The highest BCUT2D eigenvalue weighted by molar-refractivity contribution is 6.18. The lowest BCUT2D eigenvalue weighted by Gasteiger charge is -2.36. The highest BCUT2D eigenvalue weighted by Crippen LogP contribution is 2.29. The van der Waals surface area contributed by atoms with E-state index in [0.717, 1.165) is 4.90 Å². The number of nitrogens with zero attached hydrogens (tertiary/aromatic N) is 1. The van der Waals surface area contributed by atoms with Crippen molar-refractivity contribution in [3.8, 4) is 0 Å². The molecule has 0 saturated carbocycles. The van der Waals surface area contributed by atoms with Crippen molar-refractivity contribution in [2.24, 2.45) is 5.41 Å². The van der Waals surface area contributed by atoms with Crippen molar-refractivity contribution in [2.75, 3.05) is 6.54 Å². The maximum atomic E-state index is 12.0. The van der Waals surface area contributed by atoms with Crippen molar-refractivity contribution in [3.63, 3.8) is 0 Å². The van der Waals surface area contributed by atoms with Gasteiger partial charge >= 0.3 is 12.0 Å². The summed E-state index contributed by atoms with van der Waals surface area (Å²) in [7, 11) is 0. The minimum Gasteiger partial charge on any atom is -0.481 e. The lowest BCUT2D eigenvalue weighted by atomic mass is 9.81. The third-order valence-corrected chi connectivity index (χ3v) is 2.84. The highest BCUT2D eigenvalue weighted by atomic mass is 16.4. The topological polar surface area (TPSA) is 104 Å². The van der Waals surface area contributed by atoms with Gasteiger partial charge in [0.2, 0.25) is 11.8 Å². The van der Waals surface area contributed by atoms with Gasteiger partial charge in [0, 0.05) is 13.0 Å². The summed E-state index contributed by atoms with van der Waals surface area (Å²) in [5, 5.41) is 10.6. The maximum Gasteiger partial charge on any atom is 0.330 e. The first-order valence-electron chi connectivity index (χ1n) is 5.22. The van der Waals surface area contributed by atoms with Gasteiger partial charge in [-0.05, 0) is 20.3 Å². The molecule has 0 bridgehead atoms. The van der Waals surface area contributed by atoms with Crippen LogP contribution in [0.2, 0.25) is 0 Å². The van der Waals surface area contributed by atoms with Gasteiger partial charge in [-0.25, -0.2) is 4.79 Å². The van der Waals surface area contributed by atoms with E-state index in [4.69, 9.17) is 5.11 Å². The van der Waals surface area contributed by atoms with Crippen molar-refractivity contribution in [3.05, 3.63) is 0 Å². The Morgan fingerprint density at radius 1 is 1.41 bits per heavy atom. The second kappa shape index (κ2) is 4.52. The Labute approximate surface area is 97.8 Å². The third kappa shape index (κ3) is 2.27. The monoisotopic (exact) mass is 242 g/mol. The van der Waals surface area contributed by atoms with Crippen LogP contribution < -0.4 is 5.32 Å². The number of hydrogen-bond donors (Lipinski definition) is 2. The molecule has 7 nitrogen and oxygen atoms in total. The maximum absolute atomic E-state index is 12.0. The first-order chi connectivity index (χ1) is 7.82. The molecule has 7 heteroatoms. The van der Waals surface area contributed by atoms with Crippen molar-refractivity contribution in [2.45, 2.75) is 26.7 Å². The molecule has 0 aromatic heterocycles. The first-order valence-corrected chi connectivity index (χ1v) is 5.22. The minimum atomic E-state index is -1.48. The summed E-state index contributed by atoms with van der Waals surface area (Å²) in [5.74, 6) is -2.47. The summed E-state index contributed by atoms with van der Waals surface area (Å²) >= 11 is 0. The van der Waals surface area contributed by atoms with Crippen molar-refractivity contribution < 1.29 is 24.3 Å². The Hall–Kier alpha value is -1.92. The molecule has 0 aromatic rings. The number of carbonyl (C=O) groups is 4. The van der Waals surface area contributed by atoms with Crippen LogP contribution in [0.4, 0.5) is 4.79 Å². The fourth-order valence-electron chi connectivity index (χ4n) is 1.65. The number of urea groups is 1. The molecule has 4 amide bonds. The zero-order valence-corrected chi connectivity index (χ0v) is 9.65. The minimum absolute atomic E-state index is 0.128. The zero-order valence-electron chi connectivity index (χ0n) is 9.65. The van der Waals surface area contributed by atoms with Crippen LogP contribution in [0.15, 0.2) is 0 Å². The summed E-state index contributed by atoms with van der Waals surface area (Å²) < 4.78 is 0. The van der Waals surface area contributed by atoms with Crippen LogP contribution in [-0.4, -0.2) is 40.4 Å². The quantitative estimate of drug-likeness (QED) is 0.673. The van der Waals surface area contributed by atoms with Gasteiger partial charge in [0.15, 0.2) is 0 Å². The number of carboxylic acid groups (broad SMARTS) is 1. The van der Waals surface area contributed by atoms with Gasteiger partial charge in [-0.1, -0.05) is 0 Å². The summed E-state index contributed by atoms with van der Waals surface area (Å²) in [4.78, 5) is 46.3. The third-order valence-electron chi connectivity index (χ3n) is 2.84. The van der Waals surface area contributed by atoms with Gasteiger partial charge < -0.3 is 5.11 Å². The number of rotatable bonds is 4. The molecular weight excluding hydrogens is 228 g/mol. The number of nitrogens with one attached hydrogen (secondary N) is 1. The van der Waals surface area contributed by atoms with Crippen LogP contribution in [0.25, 0.3) is 0 Å². The zero-order chi connectivity index (χ0) is 13.2. The van der Waals surface area contributed by atoms with Crippen LogP contribution >= 0.6 is 0 Å². The van der Waals surface area contributed by atoms with Crippen LogP contribution in [0.1, 0.15) is 26.7 Å². The highest BCUT2D eigenvalue weighted by Gasteiger charge is 2.49. The van der Waals surface area contributed by atoms with E-state index >= 15 is 0 Å². The SMILES string of the molecule is CCN1C(=O)NC(=O)C(C)(CCC(=O)O)C1=O. The molecular formula is C10H14N2O5. The second-order valence-corrected chi connectivity index (χ2v) is 4.03. The van der Waals surface area contributed by atoms with E-state index in [1.54, 1.807) is 6.92 Å². The molecule has 17 heavy (non-hydrogen) atoms. The lowest BCUT2D eigenvalue weighted by Crippen LogP contribution is -2.62. The molecule has 1 saturated heterocycles. The smallest absolute Gasteiger partial charge is 0.330 e. The molecule has 0 spiro atoms. The Kier molecular flexibility index (Phi) is 3.50.